The number of aliphatic carboxylic acids is 1. The molecule has 0 heterocycles. The molecule has 0 unspecified atom stereocenters. The van der Waals surface area contributed by atoms with Gasteiger partial charge in [-0.05, 0) is 17.9 Å². The number of benzene rings is 1. The highest BCUT2D eigenvalue weighted by atomic mass is 16.4. The first-order chi connectivity index (χ1) is 6.61. The van der Waals surface area contributed by atoms with Crippen molar-refractivity contribution < 1.29 is 9.90 Å². The maximum absolute atomic E-state index is 10.6. The Kier molecular flexibility index (Phi) is 3.65. The summed E-state index contributed by atoms with van der Waals surface area (Å²) < 4.78 is 0. The van der Waals surface area contributed by atoms with Gasteiger partial charge in [-0.2, -0.15) is 0 Å². The first-order valence-corrected chi connectivity index (χ1v) is 4.63. The largest absolute Gasteiger partial charge is 0.480 e. The number of nitrogens with two attached hydrogens (primary N) is 1. The quantitative estimate of drug-likeness (QED) is 0.757. The number of carboxylic acids is 1. The molecule has 0 spiro atoms. The van der Waals surface area contributed by atoms with Gasteiger partial charge in [0.15, 0.2) is 0 Å². The average molecular weight is 193 g/mol. The molecule has 14 heavy (non-hydrogen) atoms. The molecule has 1 aromatic carbocycles. The minimum absolute atomic E-state index is 0.0464. The molecule has 1 aromatic rings. The highest BCUT2D eigenvalue weighted by Crippen LogP contribution is 2.10. The van der Waals surface area contributed by atoms with Crippen LogP contribution in [0.2, 0.25) is 0 Å². The molecule has 0 amide bonds. The molecule has 3 nitrogen and oxygen atoms in total. The summed E-state index contributed by atoms with van der Waals surface area (Å²) in [6, 6.07) is 8.99. The van der Waals surface area contributed by atoms with E-state index >= 15 is 0 Å². The smallest absolute Gasteiger partial charge is 0.320 e. The fourth-order valence-electron chi connectivity index (χ4n) is 1.36. The second kappa shape index (κ2) is 4.77. The summed E-state index contributed by atoms with van der Waals surface area (Å²) in [6.07, 6.45) is 0.703. The average Bonchev–Trinajstić information content (AvgIpc) is 2.18. The molecule has 1 rings (SSSR count). The van der Waals surface area contributed by atoms with Crippen LogP contribution in [-0.4, -0.2) is 17.1 Å². The molecule has 0 saturated carbocycles. The molecule has 0 fully saturated rings. The zero-order valence-corrected chi connectivity index (χ0v) is 8.18. The van der Waals surface area contributed by atoms with Crippen molar-refractivity contribution in [1.82, 2.24) is 0 Å². The SMILES string of the molecule is C[C@H](Cc1ccccc1)[C@H](N)C(=O)O. The second-order valence-corrected chi connectivity index (χ2v) is 3.53. The van der Waals surface area contributed by atoms with Crippen molar-refractivity contribution >= 4 is 5.97 Å². The van der Waals surface area contributed by atoms with Crippen LogP contribution in [0.4, 0.5) is 0 Å². The van der Waals surface area contributed by atoms with E-state index in [-0.39, 0.29) is 5.92 Å². The molecule has 0 aliphatic rings. The summed E-state index contributed by atoms with van der Waals surface area (Å²) >= 11 is 0. The normalized spacial score (nSPS) is 14.7. The molecule has 3 N–H and O–H groups in total. The van der Waals surface area contributed by atoms with E-state index in [0.717, 1.165) is 5.56 Å². The molecule has 0 aromatic heterocycles. The van der Waals surface area contributed by atoms with E-state index in [1.54, 1.807) is 0 Å². The van der Waals surface area contributed by atoms with Crippen LogP contribution in [0.3, 0.4) is 0 Å². The lowest BCUT2D eigenvalue weighted by Gasteiger charge is -2.15. The Hall–Kier alpha value is -1.35. The van der Waals surface area contributed by atoms with Crippen LogP contribution in [0.25, 0.3) is 0 Å². The Labute approximate surface area is 83.6 Å². The van der Waals surface area contributed by atoms with E-state index in [4.69, 9.17) is 10.8 Å². The molecular formula is C11H15NO2. The fourth-order valence-corrected chi connectivity index (χ4v) is 1.36. The lowest BCUT2D eigenvalue weighted by Crippen LogP contribution is -2.37. The molecule has 0 aliphatic heterocycles. The predicted molar refractivity (Wildman–Crippen MR) is 54.9 cm³/mol. The van der Waals surface area contributed by atoms with Crippen LogP contribution in [0, 0.1) is 5.92 Å². The van der Waals surface area contributed by atoms with E-state index in [9.17, 15) is 4.79 Å². The van der Waals surface area contributed by atoms with E-state index in [1.807, 2.05) is 37.3 Å². The fraction of sp³-hybridized carbons (Fsp3) is 0.364. The van der Waals surface area contributed by atoms with Crippen LogP contribution in [0.15, 0.2) is 30.3 Å². The zero-order valence-electron chi connectivity index (χ0n) is 8.18. The van der Waals surface area contributed by atoms with Crippen molar-refractivity contribution in [2.75, 3.05) is 0 Å². The summed E-state index contributed by atoms with van der Waals surface area (Å²) in [5.74, 6) is -0.983. The molecule has 0 aliphatic carbocycles. The van der Waals surface area contributed by atoms with Crippen LogP contribution >= 0.6 is 0 Å². The van der Waals surface area contributed by atoms with E-state index in [2.05, 4.69) is 0 Å². The minimum Gasteiger partial charge on any atom is -0.480 e. The van der Waals surface area contributed by atoms with Crippen LogP contribution in [0.1, 0.15) is 12.5 Å². The first-order valence-electron chi connectivity index (χ1n) is 4.63. The monoisotopic (exact) mass is 193 g/mol. The van der Waals surface area contributed by atoms with E-state index in [0.29, 0.717) is 6.42 Å². The molecule has 0 saturated heterocycles. The number of hydrogen-bond acceptors (Lipinski definition) is 2. The lowest BCUT2D eigenvalue weighted by atomic mass is 9.95. The summed E-state index contributed by atoms with van der Waals surface area (Å²) in [4.78, 5) is 10.6. The van der Waals surface area contributed by atoms with Crippen molar-refractivity contribution in [3.05, 3.63) is 35.9 Å². The van der Waals surface area contributed by atoms with Gasteiger partial charge in [0, 0.05) is 0 Å². The highest BCUT2D eigenvalue weighted by Gasteiger charge is 2.19. The number of carboxylic acid groups (broad SMARTS) is 1. The van der Waals surface area contributed by atoms with Gasteiger partial charge in [0.25, 0.3) is 0 Å². The summed E-state index contributed by atoms with van der Waals surface area (Å²) in [5.41, 5.74) is 6.63. The van der Waals surface area contributed by atoms with Crippen molar-refractivity contribution in [3.63, 3.8) is 0 Å². The topological polar surface area (TPSA) is 63.3 Å². The zero-order chi connectivity index (χ0) is 10.6. The number of rotatable bonds is 4. The van der Waals surface area contributed by atoms with Crippen molar-refractivity contribution in [3.8, 4) is 0 Å². The van der Waals surface area contributed by atoms with Gasteiger partial charge in [0.05, 0.1) is 0 Å². The Balaban J connectivity index is 2.57. The third-order valence-corrected chi connectivity index (χ3v) is 2.30. The molecule has 0 radical (unpaired) electrons. The van der Waals surface area contributed by atoms with Crippen molar-refractivity contribution in [1.29, 1.82) is 0 Å². The van der Waals surface area contributed by atoms with Gasteiger partial charge in [0.2, 0.25) is 0 Å². The van der Waals surface area contributed by atoms with Crippen LogP contribution in [0.5, 0.6) is 0 Å². The van der Waals surface area contributed by atoms with Gasteiger partial charge in [-0.3, -0.25) is 4.79 Å². The van der Waals surface area contributed by atoms with E-state index < -0.39 is 12.0 Å². The third kappa shape index (κ3) is 2.85. The summed E-state index contributed by atoms with van der Waals surface area (Å²) in [7, 11) is 0. The van der Waals surface area contributed by atoms with Gasteiger partial charge < -0.3 is 10.8 Å². The second-order valence-electron chi connectivity index (χ2n) is 3.53. The molecule has 3 heteroatoms. The van der Waals surface area contributed by atoms with Crippen LogP contribution in [-0.2, 0) is 11.2 Å². The van der Waals surface area contributed by atoms with Gasteiger partial charge in [-0.1, -0.05) is 37.3 Å². The van der Waals surface area contributed by atoms with E-state index in [1.165, 1.54) is 0 Å². The van der Waals surface area contributed by atoms with Gasteiger partial charge in [-0.25, -0.2) is 0 Å². The standard InChI is InChI=1S/C11H15NO2/c1-8(10(12)11(13)14)7-9-5-3-2-4-6-9/h2-6,8,10H,7,12H2,1H3,(H,13,14)/t8-,10+/m1/s1. The molecule has 2 atom stereocenters. The minimum atomic E-state index is -0.937. The molecule has 76 valence electrons. The Morgan fingerprint density at radius 1 is 1.43 bits per heavy atom. The van der Waals surface area contributed by atoms with Crippen molar-refractivity contribution in [2.24, 2.45) is 11.7 Å². The Morgan fingerprint density at radius 3 is 2.50 bits per heavy atom. The highest BCUT2D eigenvalue weighted by molar-refractivity contribution is 5.73. The third-order valence-electron chi connectivity index (χ3n) is 2.30. The Bertz CT molecular complexity index is 297. The maximum atomic E-state index is 10.6. The lowest BCUT2D eigenvalue weighted by molar-refractivity contribution is -0.139. The van der Waals surface area contributed by atoms with Crippen molar-refractivity contribution in [2.45, 2.75) is 19.4 Å². The number of carbonyl (C=O) groups is 1. The van der Waals surface area contributed by atoms with Crippen LogP contribution < -0.4 is 5.73 Å². The predicted octanol–water partition coefficient (Wildman–Crippen LogP) is 1.28. The van der Waals surface area contributed by atoms with Gasteiger partial charge >= 0.3 is 5.97 Å². The van der Waals surface area contributed by atoms with Gasteiger partial charge in [0.1, 0.15) is 6.04 Å². The first kappa shape index (κ1) is 10.7. The summed E-state index contributed by atoms with van der Waals surface area (Å²) in [5, 5.41) is 8.71. The Morgan fingerprint density at radius 2 is 2.00 bits per heavy atom. The number of hydrogen-bond donors (Lipinski definition) is 2. The summed E-state index contributed by atoms with van der Waals surface area (Å²) in [6.45, 7) is 1.85. The maximum Gasteiger partial charge on any atom is 0.320 e. The molecular weight excluding hydrogens is 178 g/mol. The van der Waals surface area contributed by atoms with Gasteiger partial charge in [-0.15, -0.1) is 0 Å². The molecule has 0 bridgehead atoms.